The Morgan fingerprint density at radius 1 is 1.69 bits per heavy atom. The first-order valence-electron chi connectivity index (χ1n) is 3.63. The van der Waals surface area contributed by atoms with Crippen LogP contribution >= 0.6 is 11.6 Å². The van der Waals surface area contributed by atoms with Gasteiger partial charge in [-0.3, -0.25) is 4.79 Å². The highest BCUT2D eigenvalue weighted by atomic mass is 35.5. The quantitative estimate of drug-likeness (QED) is 0.678. The summed E-state index contributed by atoms with van der Waals surface area (Å²) < 4.78 is 0. The standard InChI is InChI=1S/C7H9ClN4O/c1-4(9)7(13)12-6-2-5(8)10-3-11-6/h2-4H,9H2,1H3,(H,10,11,12,13). The Bertz CT molecular complexity index is 315. The summed E-state index contributed by atoms with van der Waals surface area (Å²) in [4.78, 5) is 18.5. The van der Waals surface area contributed by atoms with Crippen molar-refractivity contribution < 1.29 is 4.79 Å². The zero-order valence-corrected chi connectivity index (χ0v) is 7.75. The van der Waals surface area contributed by atoms with Gasteiger partial charge in [-0.05, 0) is 6.92 Å². The van der Waals surface area contributed by atoms with Crippen LogP contribution < -0.4 is 11.1 Å². The van der Waals surface area contributed by atoms with Crippen molar-refractivity contribution in [3.63, 3.8) is 0 Å². The van der Waals surface area contributed by atoms with Crippen molar-refractivity contribution in [1.29, 1.82) is 0 Å². The molecule has 0 aliphatic rings. The van der Waals surface area contributed by atoms with Crippen LogP contribution in [0, 0.1) is 0 Å². The van der Waals surface area contributed by atoms with Gasteiger partial charge in [0.25, 0.3) is 0 Å². The Labute approximate surface area is 80.3 Å². The fourth-order valence-corrected chi connectivity index (χ4v) is 0.789. The topological polar surface area (TPSA) is 80.9 Å². The average Bonchev–Trinajstić information content (AvgIpc) is 2.04. The molecule has 70 valence electrons. The van der Waals surface area contributed by atoms with Gasteiger partial charge < -0.3 is 11.1 Å². The molecule has 0 aromatic carbocycles. The molecular formula is C7H9ClN4O. The monoisotopic (exact) mass is 200 g/mol. The van der Waals surface area contributed by atoms with E-state index in [9.17, 15) is 4.79 Å². The first-order valence-corrected chi connectivity index (χ1v) is 4.01. The minimum Gasteiger partial charge on any atom is -0.320 e. The van der Waals surface area contributed by atoms with Crippen molar-refractivity contribution in [2.24, 2.45) is 5.73 Å². The van der Waals surface area contributed by atoms with Crippen LogP contribution in [-0.4, -0.2) is 21.9 Å². The summed E-state index contributed by atoms with van der Waals surface area (Å²) in [5, 5.41) is 2.76. The predicted molar refractivity (Wildman–Crippen MR) is 49.3 cm³/mol. The lowest BCUT2D eigenvalue weighted by atomic mass is 10.3. The Kier molecular flexibility index (Phi) is 3.16. The maximum atomic E-state index is 11.1. The number of anilines is 1. The van der Waals surface area contributed by atoms with E-state index in [-0.39, 0.29) is 11.1 Å². The summed E-state index contributed by atoms with van der Waals surface area (Å²) in [5.41, 5.74) is 5.33. The molecule has 0 saturated carbocycles. The normalized spacial score (nSPS) is 12.2. The number of nitrogens with one attached hydrogen (secondary N) is 1. The van der Waals surface area contributed by atoms with Crippen LogP contribution in [0.5, 0.6) is 0 Å². The summed E-state index contributed by atoms with van der Waals surface area (Å²) in [7, 11) is 0. The molecule has 6 heteroatoms. The molecule has 0 aliphatic heterocycles. The Morgan fingerprint density at radius 3 is 2.92 bits per heavy atom. The van der Waals surface area contributed by atoms with Crippen LogP contribution in [-0.2, 0) is 4.79 Å². The predicted octanol–water partition coefficient (Wildman–Crippen LogP) is 0.416. The first kappa shape index (κ1) is 9.88. The van der Waals surface area contributed by atoms with Crippen LogP contribution in [0.3, 0.4) is 0 Å². The maximum absolute atomic E-state index is 11.1. The SMILES string of the molecule is CC(N)C(=O)Nc1cc(Cl)ncn1. The molecule has 5 nitrogen and oxygen atoms in total. The van der Waals surface area contributed by atoms with Gasteiger partial charge in [-0.1, -0.05) is 11.6 Å². The highest BCUT2D eigenvalue weighted by Gasteiger charge is 2.07. The van der Waals surface area contributed by atoms with Gasteiger partial charge in [0, 0.05) is 6.07 Å². The highest BCUT2D eigenvalue weighted by Crippen LogP contribution is 2.08. The lowest BCUT2D eigenvalue weighted by molar-refractivity contribution is -0.117. The molecule has 1 atom stereocenters. The number of halogens is 1. The van der Waals surface area contributed by atoms with Crippen molar-refractivity contribution in [3.05, 3.63) is 17.5 Å². The number of nitrogens with two attached hydrogens (primary N) is 1. The third-order valence-electron chi connectivity index (χ3n) is 1.30. The Balaban J connectivity index is 2.69. The van der Waals surface area contributed by atoms with Gasteiger partial charge in [-0.15, -0.1) is 0 Å². The Hall–Kier alpha value is -1.20. The van der Waals surface area contributed by atoms with E-state index in [1.807, 2.05) is 0 Å². The maximum Gasteiger partial charge on any atom is 0.242 e. The van der Waals surface area contributed by atoms with E-state index in [2.05, 4.69) is 15.3 Å². The van der Waals surface area contributed by atoms with Crippen LogP contribution in [0.15, 0.2) is 12.4 Å². The molecule has 13 heavy (non-hydrogen) atoms. The molecule has 0 saturated heterocycles. The molecule has 1 amide bonds. The van der Waals surface area contributed by atoms with Crippen molar-refractivity contribution in [1.82, 2.24) is 9.97 Å². The van der Waals surface area contributed by atoms with Gasteiger partial charge >= 0.3 is 0 Å². The van der Waals surface area contributed by atoms with E-state index < -0.39 is 6.04 Å². The second kappa shape index (κ2) is 4.15. The molecule has 0 fully saturated rings. The largest absolute Gasteiger partial charge is 0.320 e. The lowest BCUT2D eigenvalue weighted by Gasteiger charge is -2.05. The molecule has 0 radical (unpaired) electrons. The van der Waals surface area contributed by atoms with E-state index >= 15 is 0 Å². The van der Waals surface area contributed by atoms with Gasteiger partial charge in [0.05, 0.1) is 6.04 Å². The van der Waals surface area contributed by atoms with Crippen molar-refractivity contribution >= 4 is 23.3 Å². The lowest BCUT2D eigenvalue weighted by Crippen LogP contribution is -2.32. The molecule has 0 aliphatic carbocycles. The van der Waals surface area contributed by atoms with E-state index in [1.165, 1.54) is 12.4 Å². The Morgan fingerprint density at radius 2 is 2.38 bits per heavy atom. The van der Waals surface area contributed by atoms with E-state index in [1.54, 1.807) is 6.92 Å². The van der Waals surface area contributed by atoms with Crippen LogP contribution in [0.2, 0.25) is 5.15 Å². The zero-order chi connectivity index (χ0) is 9.84. The number of hydrogen-bond donors (Lipinski definition) is 2. The van der Waals surface area contributed by atoms with Gasteiger partial charge in [0.2, 0.25) is 5.91 Å². The second-order valence-corrected chi connectivity index (χ2v) is 2.89. The third-order valence-corrected chi connectivity index (χ3v) is 1.51. The average molecular weight is 201 g/mol. The number of nitrogens with zero attached hydrogens (tertiary/aromatic N) is 2. The minimum atomic E-state index is -0.575. The van der Waals surface area contributed by atoms with Crippen LogP contribution in [0.4, 0.5) is 5.82 Å². The van der Waals surface area contributed by atoms with Crippen molar-refractivity contribution in [3.8, 4) is 0 Å². The van der Waals surface area contributed by atoms with Gasteiger partial charge in [-0.25, -0.2) is 9.97 Å². The number of aromatic nitrogens is 2. The fourth-order valence-electron chi connectivity index (χ4n) is 0.642. The molecule has 1 aromatic rings. The number of hydrogen-bond acceptors (Lipinski definition) is 4. The number of carbonyl (C=O) groups excluding carboxylic acids is 1. The number of rotatable bonds is 2. The molecule has 1 aromatic heterocycles. The minimum absolute atomic E-state index is 0.273. The van der Waals surface area contributed by atoms with Gasteiger partial charge in [0.15, 0.2) is 0 Å². The van der Waals surface area contributed by atoms with Crippen molar-refractivity contribution in [2.45, 2.75) is 13.0 Å². The van der Waals surface area contributed by atoms with Crippen LogP contribution in [0.25, 0.3) is 0 Å². The molecular weight excluding hydrogens is 192 g/mol. The molecule has 3 N–H and O–H groups in total. The van der Waals surface area contributed by atoms with Crippen LogP contribution in [0.1, 0.15) is 6.92 Å². The molecule has 1 unspecified atom stereocenters. The van der Waals surface area contributed by atoms with Crippen molar-refractivity contribution in [2.75, 3.05) is 5.32 Å². The molecule has 1 heterocycles. The molecule has 1 rings (SSSR count). The number of amides is 1. The summed E-state index contributed by atoms with van der Waals surface area (Å²) in [6, 6.07) is 0.871. The highest BCUT2D eigenvalue weighted by molar-refractivity contribution is 6.29. The summed E-state index contributed by atoms with van der Waals surface area (Å²) in [6.45, 7) is 1.58. The van der Waals surface area contributed by atoms with Gasteiger partial charge in [0.1, 0.15) is 17.3 Å². The summed E-state index contributed by atoms with van der Waals surface area (Å²) >= 11 is 5.57. The first-order chi connectivity index (χ1) is 6.09. The second-order valence-electron chi connectivity index (χ2n) is 2.50. The number of carbonyl (C=O) groups is 1. The smallest absolute Gasteiger partial charge is 0.242 e. The van der Waals surface area contributed by atoms with E-state index in [0.717, 1.165) is 0 Å². The summed E-state index contributed by atoms with van der Waals surface area (Å²) in [5.74, 6) is 0.0390. The zero-order valence-electron chi connectivity index (χ0n) is 6.99. The van der Waals surface area contributed by atoms with E-state index in [0.29, 0.717) is 5.82 Å². The van der Waals surface area contributed by atoms with E-state index in [4.69, 9.17) is 17.3 Å². The fraction of sp³-hybridized carbons (Fsp3) is 0.286. The summed E-state index contributed by atoms with van der Waals surface area (Å²) in [6.07, 6.45) is 1.26. The molecule has 0 bridgehead atoms. The third kappa shape index (κ3) is 2.96. The van der Waals surface area contributed by atoms with Gasteiger partial charge in [-0.2, -0.15) is 0 Å². The molecule has 0 spiro atoms.